The van der Waals surface area contributed by atoms with Crippen molar-refractivity contribution in [1.29, 1.82) is 0 Å². The normalized spacial score (nSPS) is 17.6. The zero-order chi connectivity index (χ0) is 14.2. The van der Waals surface area contributed by atoms with Gasteiger partial charge in [0, 0.05) is 5.92 Å². The molecule has 1 aliphatic rings. The third-order valence-electron chi connectivity index (χ3n) is 3.25. The van der Waals surface area contributed by atoms with Crippen LogP contribution in [0.1, 0.15) is 25.3 Å². The first kappa shape index (κ1) is 14.2. The summed E-state index contributed by atoms with van der Waals surface area (Å²) in [6.45, 7) is 1.44. The van der Waals surface area contributed by atoms with E-state index in [1.165, 1.54) is 19.1 Å². The van der Waals surface area contributed by atoms with Gasteiger partial charge in [-0.2, -0.15) is 0 Å². The summed E-state index contributed by atoms with van der Waals surface area (Å²) in [5.74, 6) is -1.45. The van der Waals surface area contributed by atoms with E-state index >= 15 is 0 Å². The molecule has 0 bridgehead atoms. The van der Waals surface area contributed by atoms with E-state index in [2.05, 4.69) is 5.32 Å². The number of halogens is 2. The molecule has 1 unspecified atom stereocenters. The van der Waals surface area contributed by atoms with Gasteiger partial charge in [-0.3, -0.25) is 4.79 Å². The van der Waals surface area contributed by atoms with Crippen molar-refractivity contribution in [2.75, 3.05) is 0 Å². The molecule has 4 nitrogen and oxygen atoms in total. The quantitative estimate of drug-likeness (QED) is 0.898. The molecule has 1 saturated carbocycles. The molecule has 1 fully saturated rings. The van der Waals surface area contributed by atoms with Crippen molar-refractivity contribution in [1.82, 2.24) is 5.32 Å². The van der Waals surface area contributed by atoms with Crippen molar-refractivity contribution in [2.24, 2.45) is 5.92 Å². The summed E-state index contributed by atoms with van der Waals surface area (Å²) in [5.41, 5.74) is -1.11. The Morgan fingerprint density at radius 2 is 1.95 bits per heavy atom. The van der Waals surface area contributed by atoms with Gasteiger partial charge in [0.05, 0.1) is 10.0 Å². The number of amides is 1. The number of hydrogen-bond acceptors (Lipinski definition) is 2. The van der Waals surface area contributed by atoms with Gasteiger partial charge in [-0.1, -0.05) is 29.3 Å². The van der Waals surface area contributed by atoms with Gasteiger partial charge in [0.2, 0.25) is 5.91 Å². The maximum atomic E-state index is 11.8. The van der Waals surface area contributed by atoms with Crippen LogP contribution in [0, 0.1) is 5.92 Å². The highest BCUT2D eigenvalue weighted by atomic mass is 35.5. The summed E-state index contributed by atoms with van der Waals surface area (Å²) in [6, 6.07) is 4.53. The maximum Gasteiger partial charge on any atom is 0.333 e. The lowest BCUT2D eigenvalue weighted by molar-refractivity contribution is -0.147. The number of hydrogen-bond donors (Lipinski definition) is 2. The van der Waals surface area contributed by atoms with Crippen LogP contribution in [-0.4, -0.2) is 17.0 Å². The Morgan fingerprint density at radius 1 is 1.32 bits per heavy atom. The topological polar surface area (TPSA) is 66.4 Å². The molecule has 1 amide bonds. The van der Waals surface area contributed by atoms with Gasteiger partial charge < -0.3 is 10.4 Å². The third kappa shape index (κ3) is 2.85. The summed E-state index contributed by atoms with van der Waals surface area (Å²) in [4.78, 5) is 23.3. The van der Waals surface area contributed by atoms with Gasteiger partial charge in [0.1, 0.15) is 0 Å². The first-order valence-corrected chi connectivity index (χ1v) is 6.61. The second-order valence-electron chi connectivity index (χ2n) is 4.82. The zero-order valence-electron chi connectivity index (χ0n) is 10.2. The average Bonchev–Trinajstić information content (AvgIpc) is 3.16. The van der Waals surface area contributed by atoms with E-state index in [1.54, 1.807) is 6.07 Å². The van der Waals surface area contributed by atoms with Gasteiger partial charge >= 0.3 is 5.97 Å². The van der Waals surface area contributed by atoms with E-state index in [0.717, 1.165) is 12.8 Å². The van der Waals surface area contributed by atoms with E-state index < -0.39 is 11.5 Å². The Kier molecular flexibility index (Phi) is 3.74. The first-order valence-electron chi connectivity index (χ1n) is 5.85. The van der Waals surface area contributed by atoms with Gasteiger partial charge in [-0.05, 0) is 37.5 Å². The van der Waals surface area contributed by atoms with Gasteiger partial charge in [-0.15, -0.1) is 0 Å². The molecule has 102 valence electrons. The number of nitrogens with one attached hydrogen (secondary N) is 1. The van der Waals surface area contributed by atoms with Gasteiger partial charge in [0.25, 0.3) is 0 Å². The number of rotatable bonds is 4. The molecule has 2 N–H and O–H groups in total. The van der Waals surface area contributed by atoms with E-state index in [0.29, 0.717) is 10.6 Å². The average molecular weight is 302 g/mol. The predicted molar refractivity (Wildman–Crippen MR) is 72.3 cm³/mol. The minimum absolute atomic E-state index is 0.0681. The Labute approximate surface area is 120 Å². The zero-order valence-corrected chi connectivity index (χ0v) is 11.8. The van der Waals surface area contributed by atoms with Crippen molar-refractivity contribution >= 4 is 35.1 Å². The Bertz CT molecular complexity index is 543. The summed E-state index contributed by atoms with van der Waals surface area (Å²) in [5, 5.41) is 12.6. The molecule has 1 atom stereocenters. The minimum Gasteiger partial charge on any atom is -0.479 e. The second-order valence-corrected chi connectivity index (χ2v) is 5.64. The van der Waals surface area contributed by atoms with Gasteiger partial charge in [-0.25, -0.2) is 4.79 Å². The molecule has 0 aromatic heterocycles. The van der Waals surface area contributed by atoms with Crippen LogP contribution in [0.15, 0.2) is 18.2 Å². The number of carbonyl (C=O) groups is 2. The number of benzene rings is 1. The first-order chi connectivity index (χ1) is 8.84. The SMILES string of the molecule is CC(NC(=O)C1CC1)(C(=O)O)c1ccc(Cl)c(Cl)c1. The number of carboxylic acids is 1. The fourth-order valence-corrected chi connectivity index (χ4v) is 2.05. The minimum atomic E-state index is -1.51. The fraction of sp³-hybridized carbons (Fsp3) is 0.385. The van der Waals surface area contributed by atoms with E-state index in [-0.39, 0.29) is 16.8 Å². The van der Waals surface area contributed by atoms with Crippen LogP contribution < -0.4 is 5.32 Å². The molecule has 0 heterocycles. The summed E-state index contributed by atoms with van der Waals surface area (Å²) >= 11 is 11.7. The molecular weight excluding hydrogens is 289 g/mol. The predicted octanol–water partition coefficient (Wildman–Crippen LogP) is 2.82. The highest BCUT2D eigenvalue weighted by molar-refractivity contribution is 6.42. The number of carboxylic acid groups (broad SMARTS) is 1. The molecule has 1 aromatic carbocycles. The number of carbonyl (C=O) groups excluding carboxylic acids is 1. The van der Waals surface area contributed by atoms with E-state index in [9.17, 15) is 14.7 Å². The van der Waals surface area contributed by atoms with Crippen molar-refractivity contribution < 1.29 is 14.7 Å². The molecule has 0 spiro atoms. The lowest BCUT2D eigenvalue weighted by atomic mass is 9.91. The van der Waals surface area contributed by atoms with Crippen LogP contribution in [0.2, 0.25) is 10.0 Å². The standard InChI is InChI=1S/C13H13Cl2NO3/c1-13(12(18)19,16-11(17)7-2-3-7)8-4-5-9(14)10(15)6-8/h4-7H,2-3H2,1H3,(H,16,17)(H,18,19). The van der Waals surface area contributed by atoms with Crippen molar-refractivity contribution in [3.8, 4) is 0 Å². The Hall–Kier alpha value is -1.26. The lowest BCUT2D eigenvalue weighted by Gasteiger charge is -2.27. The van der Waals surface area contributed by atoms with E-state index in [1.807, 2.05) is 0 Å². The summed E-state index contributed by atoms with van der Waals surface area (Å²) < 4.78 is 0. The molecular formula is C13H13Cl2NO3. The van der Waals surface area contributed by atoms with E-state index in [4.69, 9.17) is 23.2 Å². The molecule has 19 heavy (non-hydrogen) atoms. The van der Waals surface area contributed by atoms with Crippen molar-refractivity contribution in [2.45, 2.75) is 25.3 Å². The highest BCUT2D eigenvalue weighted by Crippen LogP contribution is 2.33. The van der Waals surface area contributed by atoms with Crippen LogP contribution in [0.5, 0.6) is 0 Å². The Morgan fingerprint density at radius 3 is 2.42 bits per heavy atom. The molecule has 0 saturated heterocycles. The van der Waals surface area contributed by atoms with Crippen LogP contribution >= 0.6 is 23.2 Å². The fourth-order valence-electron chi connectivity index (χ4n) is 1.75. The van der Waals surface area contributed by atoms with Crippen molar-refractivity contribution in [3.05, 3.63) is 33.8 Å². The second kappa shape index (κ2) is 5.02. The molecule has 2 rings (SSSR count). The van der Waals surface area contributed by atoms with Gasteiger partial charge in [0.15, 0.2) is 5.54 Å². The maximum absolute atomic E-state index is 11.8. The van der Waals surface area contributed by atoms with Crippen molar-refractivity contribution in [3.63, 3.8) is 0 Å². The molecule has 6 heteroatoms. The molecule has 1 aromatic rings. The highest BCUT2D eigenvalue weighted by Gasteiger charge is 2.41. The monoisotopic (exact) mass is 301 g/mol. The molecule has 0 radical (unpaired) electrons. The van der Waals surface area contributed by atoms with Crippen LogP contribution in [0.25, 0.3) is 0 Å². The van der Waals surface area contributed by atoms with Crippen LogP contribution in [0.4, 0.5) is 0 Å². The Balaban J connectivity index is 2.34. The summed E-state index contributed by atoms with van der Waals surface area (Å²) in [7, 11) is 0. The smallest absolute Gasteiger partial charge is 0.333 e. The van der Waals surface area contributed by atoms with Crippen LogP contribution in [0.3, 0.4) is 0 Å². The molecule has 0 aliphatic heterocycles. The lowest BCUT2D eigenvalue weighted by Crippen LogP contribution is -2.50. The summed E-state index contributed by atoms with van der Waals surface area (Å²) in [6.07, 6.45) is 1.62. The largest absolute Gasteiger partial charge is 0.479 e. The number of aliphatic carboxylic acids is 1. The van der Waals surface area contributed by atoms with Crippen LogP contribution in [-0.2, 0) is 15.1 Å². The molecule has 1 aliphatic carbocycles. The third-order valence-corrected chi connectivity index (χ3v) is 3.99.